The first-order valence-corrected chi connectivity index (χ1v) is 9.83. The number of anilines is 4. The van der Waals surface area contributed by atoms with Crippen LogP contribution < -0.4 is 20.4 Å². The first-order chi connectivity index (χ1) is 13.2. The maximum absolute atomic E-state index is 13.1. The molecule has 0 aliphatic carbocycles. The fourth-order valence-corrected chi connectivity index (χ4v) is 3.99. The Morgan fingerprint density at radius 3 is 1.81 bits per heavy atom. The highest BCUT2D eigenvalue weighted by Crippen LogP contribution is 2.31. The van der Waals surface area contributed by atoms with Gasteiger partial charge in [0.2, 0.25) is 0 Å². The van der Waals surface area contributed by atoms with Crippen molar-refractivity contribution in [3.8, 4) is 0 Å². The van der Waals surface area contributed by atoms with Crippen LogP contribution in [-0.4, -0.2) is 49.2 Å². The highest BCUT2D eigenvalue weighted by Gasteiger charge is 2.23. The van der Waals surface area contributed by atoms with Crippen LogP contribution in [0.3, 0.4) is 0 Å². The van der Waals surface area contributed by atoms with Crippen molar-refractivity contribution in [1.29, 1.82) is 0 Å². The topological polar surface area (TPSA) is 61.5 Å². The van der Waals surface area contributed by atoms with Crippen LogP contribution in [-0.2, 0) is 0 Å². The zero-order chi connectivity index (χ0) is 18.6. The molecular weight excluding hydrogens is 343 g/mol. The molecule has 144 valence electrons. The second-order valence-corrected chi connectivity index (χ2v) is 7.29. The van der Waals surface area contributed by atoms with Crippen LogP contribution in [0.5, 0.6) is 0 Å². The van der Waals surface area contributed by atoms with E-state index in [-0.39, 0.29) is 5.82 Å². The van der Waals surface area contributed by atoms with Crippen LogP contribution in [0.1, 0.15) is 25.7 Å². The monoisotopic (exact) mass is 370 g/mol. The molecule has 2 N–H and O–H groups in total. The van der Waals surface area contributed by atoms with Gasteiger partial charge in [-0.25, -0.2) is 14.4 Å². The normalized spacial score (nSPS) is 18.5. The van der Waals surface area contributed by atoms with Crippen molar-refractivity contribution in [2.24, 2.45) is 0 Å². The SMILES string of the molecule is Nc1c(N2CCCCCC2)ncnc1N1CCN(c2ccc(F)cc2)CC1. The number of hydrogen-bond acceptors (Lipinski definition) is 6. The predicted octanol–water partition coefficient (Wildman–Crippen LogP) is 2.90. The average Bonchev–Trinajstić information content (AvgIpc) is 2.98. The zero-order valence-corrected chi connectivity index (χ0v) is 15.6. The lowest BCUT2D eigenvalue weighted by molar-refractivity contribution is 0.624. The molecule has 0 spiro atoms. The van der Waals surface area contributed by atoms with Gasteiger partial charge in [0.15, 0.2) is 11.6 Å². The highest BCUT2D eigenvalue weighted by atomic mass is 19.1. The average molecular weight is 370 g/mol. The maximum Gasteiger partial charge on any atom is 0.157 e. The molecule has 0 atom stereocenters. The van der Waals surface area contributed by atoms with E-state index in [1.165, 1.54) is 37.8 Å². The Labute approximate surface area is 159 Å². The molecule has 27 heavy (non-hydrogen) atoms. The lowest BCUT2D eigenvalue weighted by Gasteiger charge is -2.37. The van der Waals surface area contributed by atoms with E-state index in [2.05, 4.69) is 24.7 Å². The summed E-state index contributed by atoms with van der Waals surface area (Å²) in [5, 5.41) is 0. The van der Waals surface area contributed by atoms with Crippen molar-refractivity contribution in [2.45, 2.75) is 25.7 Å². The summed E-state index contributed by atoms with van der Waals surface area (Å²) in [7, 11) is 0. The van der Waals surface area contributed by atoms with Gasteiger partial charge >= 0.3 is 0 Å². The largest absolute Gasteiger partial charge is 0.393 e. The number of nitrogen functional groups attached to an aromatic ring is 1. The fourth-order valence-electron chi connectivity index (χ4n) is 3.99. The van der Waals surface area contributed by atoms with Gasteiger partial charge in [-0.2, -0.15) is 0 Å². The lowest BCUT2D eigenvalue weighted by atomic mass is 10.2. The Bertz CT molecular complexity index is 750. The standard InChI is InChI=1S/C20H27FN6/c21-16-5-7-17(8-6-16)25-11-13-27(14-12-25)20-18(22)19(23-15-24-20)26-9-3-1-2-4-10-26/h5-8,15H,1-4,9-14,22H2. The summed E-state index contributed by atoms with van der Waals surface area (Å²) in [5.74, 6) is 1.51. The first-order valence-electron chi connectivity index (χ1n) is 9.83. The number of piperazine rings is 1. The minimum Gasteiger partial charge on any atom is -0.393 e. The molecule has 0 unspecified atom stereocenters. The van der Waals surface area contributed by atoms with E-state index in [9.17, 15) is 4.39 Å². The van der Waals surface area contributed by atoms with Gasteiger partial charge in [0.25, 0.3) is 0 Å². The van der Waals surface area contributed by atoms with Gasteiger partial charge in [-0.15, -0.1) is 0 Å². The third-order valence-electron chi connectivity index (χ3n) is 5.52. The molecule has 3 heterocycles. The molecule has 1 aromatic heterocycles. The van der Waals surface area contributed by atoms with Crippen molar-refractivity contribution >= 4 is 23.0 Å². The van der Waals surface area contributed by atoms with Gasteiger partial charge in [0, 0.05) is 45.0 Å². The van der Waals surface area contributed by atoms with Gasteiger partial charge in [-0.3, -0.25) is 0 Å². The number of benzene rings is 1. The van der Waals surface area contributed by atoms with Crippen LogP contribution in [0.2, 0.25) is 0 Å². The molecule has 0 amide bonds. The molecule has 0 bridgehead atoms. The Kier molecular flexibility index (Phi) is 5.27. The van der Waals surface area contributed by atoms with E-state index >= 15 is 0 Å². The minimum atomic E-state index is -0.202. The summed E-state index contributed by atoms with van der Waals surface area (Å²) in [6.45, 7) is 5.40. The Balaban J connectivity index is 1.46. The van der Waals surface area contributed by atoms with Gasteiger partial charge < -0.3 is 20.4 Å². The molecule has 2 fully saturated rings. The number of nitrogens with two attached hydrogens (primary N) is 1. The van der Waals surface area contributed by atoms with E-state index in [0.29, 0.717) is 5.69 Å². The third-order valence-corrected chi connectivity index (χ3v) is 5.52. The highest BCUT2D eigenvalue weighted by molar-refractivity contribution is 5.76. The summed E-state index contributed by atoms with van der Waals surface area (Å²) in [4.78, 5) is 15.8. The number of nitrogens with zero attached hydrogens (tertiary/aromatic N) is 5. The van der Waals surface area contributed by atoms with E-state index in [1.807, 2.05) is 12.1 Å². The van der Waals surface area contributed by atoms with Gasteiger partial charge in [-0.1, -0.05) is 12.8 Å². The Morgan fingerprint density at radius 2 is 1.22 bits per heavy atom. The van der Waals surface area contributed by atoms with Gasteiger partial charge in [-0.05, 0) is 37.1 Å². The molecule has 2 saturated heterocycles. The third kappa shape index (κ3) is 3.91. The molecule has 0 radical (unpaired) electrons. The van der Waals surface area contributed by atoms with E-state index in [0.717, 1.165) is 56.6 Å². The number of halogens is 1. The Hall–Kier alpha value is -2.57. The maximum atomic E-state index is 13.1. The van der Waals surface area contributed by atoms with Crippen molar-refractivity contribution in [2.75, 3.05) is 59.7 Å². The summed E-state index contributed by atoms with van der Waals surface area (Å²) in [6.07, 6.45) is 6.57. The summed E-state index contributed by atoms with van der Waals surface area (Å²) in [6, 6.07) is 6.69. The lowest BCUT2D eigenvalue weighted by Crippen LogP contribution is -2.47. The summed E-state index contributed by atoms with van der Waals surface area (Å²) < 4.78 is 13.1. The molecule has 4 rings (SSSR count). The van der Waals surface area contributed by atoms with Crippen LogP contribution in [0.4, 0.5) is 27.4 Å². The number of rotatable bonds is 3. The predicted molar refractivity (Wildman–Crippen MR) is 108 cm³/mol. The van der Waals surface area contributed by atoms with E-state index < -0.39 is 0 Å². The van der Waals surface area contributed by atoms with Crippen LogP contribution >= 0.6 is 0 Å². The van der Waals surface area contributed by atoms with Crippen molar-refractivity contribution < 1.29 is 4.39 Å². The van der Waals surface area contributed by atoms with E-state index in [4.69, 9.17) is 5.73 Å². The van der Waals surface area contributed by atoms with Gasteiger partial charge in [0.1, 0.15) is 17.8 Å². The second kappa shape index (κ2) is 7.98. The zero-order valence-electron chi connectivity index (χ0n) is 15.6. The number of aromatic nitrogens is 2. The van der Waals surface area contributed by atoms with Crippen molar-refractivity contribution in [3.05, 3.63) is 36.4 Å². The first kappa shape index (κ1) is 17.8. The molecule has 6 nitrogen and oxygen atoms in total. The molecule has 0 saturated carbocycles. The summed E-state index contributed by atoms with van der Waals surface area (Å²) in [5.41, 5.74) is 8.24. The molecule has 2 aliphatic heterocycles. The molecule has 7 heteroatoms. The molecule has 2 aromatic rings. The van der Waals surface area contributed by atoms with Crippen LogP contribution in [0.25, 0.3) is 0 Å². The molecular formula is C20H27FN6. The smallest absolute Gasteiger partial charge is 0.157 e. The van der Waals surface area contributed by atoms with Crippen molar-refractivity contribution in [3.63, 3.8) is 0 Å². The van der Waals surface area contributed by atoms with Gasteiger partial charge in [0.05, 0.1) is 0 Å². The fraction of sp³-hybridized carbons (Fsp3) is 0.500. The minimum absolute atomic E-state index is 0.202. The molecule has 1 aromatic carbocycles. The van der Waals surface area contributed by atoms with E-state index in [1.54, 1.807) is 6.33 Å². The quantitative estimate of drug-likeness (QED) is 0.896. The summed E-state index contributed by atoms with van der Waals surface area (Å²) >= 11 is 0. The second-order valence-electron chi connectivity index (χ2n) is 7.29. The number of hydrogen-bond donors (Lipinski definition) is 1. The molecule has 2 aliphatic rings. The van der Waals surface area contributed by atoms with Crippen LogP contribution in [0, 0.1) is 5.82 Å². The van der Waals surface area contributed by atoms with Crippen molar-refractivity contribution in [1.82, 2.24) is 9.97 Å². The Morgan fingerprint density at radius 1 is 0.704 bits per heavy atom. The van der Waals surface area contributed by atoms with Crippen LogP contribution in [0.15, 0.2) is 30.6 Å².